The van der Waals surface area contributed by atoms with Gasteiger partial charge >= 0.3 is 59.1 Å². The van der Waals surface area contributed by atoms with Gasteiger partial charge in [0.2, 0.25) is 0 Å². The Hall–Kier alpha value is 0.330. The summed E-state index contributed by atoms with van der Waals surface area (Å²) in [5.74, 6) is 0.814. The molecule has 0 aromatic heterocycles. The van der Waals surface area contributed by atoms with Crippen LogP contribution in [-0.4, -0.2) is 33.8 Å². The molecule has 0 amide bonds. The van der Waals surface area contributed by atoms with Crippen LogP contribution in [0.4, 0.5) is 0 Å². The van der Waals surface area contributed by atoms with E-state index < -0.39 is 10.4 Å². The molecule has 0 radical (unpaired) electrons. The van der Waals surface area contributed by atoms with E-state index in [0.717, 1.165) is 31.1 Å². The molecule has 2 aliphatic rings. The first-order valence-electron chi connectivity index (χ1n) is 8.19. The van der Waals surface area contributed by atoms with E-state index >= 15 is 0 Å². The number of phenols is 1. The first kappa shape index (κ1) is 25.4. The second kappa shape index (κ2) is 9.43. The second-order valence-corrected chi connectivity index (χ2v) is 7.92. The Bertz CT molecular complexity index is 909. The van der Waals surface area contributed by atoms with Crippen molar-refractivity contribution in [2.24, 2.45) is 5.41 Å². The molecule has 1 saturated carbocycles. The van der Waals surface area contributed by atoms with Crippen LogP contribution < -0.4 is 59.1 Å². The summed E-state index contributed by atoms with van der Waals surface area (Å²) in [5.41, 5.74) is 2.91. The van der Waals surface area contributed by atoms with E-state index in [0.29, 0.717) is 11.7 Å². The maximum atomic E-state index is 10.3. The van der Waals surface area contributed by atoms with Crippen LogP contribution in [0.5, 0.6) is 5.75 Å². The van der Waals surface area contributed by atoms with Crippen molar-refractivity contribution < 1.29 is 86.9 Å². The Morgan fingerprint density at radius 2 is 1.74 bits per heavy atom. The number of aromatic hydroxyl groups is 1. The number of benzene rings is 2. The fourth-order valence-corrected chi connectivity index (χ4v) is 4.47. The van der Waals surface area contributed by atoms with Gasteiger partial charge in [0.15, 0.2) is 0 Å². The van der Waals surface area contributed by atoms with Gasteiger partial charge in [-0.3, -0.25) is 8.42 Å². The molecule has 4 rings (SSSR count). The number of phenolic OH excluding ortho intramolecular Hbond substituents is 1. The molecular weight excluding hydrogens is 390 g/mol. The van der Waals surface area contributed by atoms with Crippen molar-refractivity contribution in [3.8, 4) is 5.75 Å². The van der Waals surface area contributed by atoms with Gasteiger partial charge in [-0.05, 0) is 65.6 Å². The fraction of sp³-hybridized carbons (Fsp3) is 0.444. The molecule has 136 valence electrons. The van der Waals surface area contributed by atoms with Gasteiger partial charge in [-0.2, -0.15) is 0 Å². The topological polar surface area (TPSA) is 121 Å². The minimum atomic E-state index is -5.17. The maximum Gasteiger partial charge on any atom is 1.00 e. The van der Waals surface area contributed by atoms with Crippen LogP contribution in [-0.2, 0) is 16.8 Å². The minimum absolute atomic E-state index is 0. The molecular formula is C18H20Na2O6S. The van der Waals surface area contributed by atoms with Gasteiger partial charge in [0, 0.05) is 15.8 Å². The molecule has 2 aromatic rings. The molecule has 2 N–H and O–H groups in total. The summed E-state index contributed by atoms with van der Waals surface area (Å²) in [5, 5.41) is 22.3. The van der Waals surface area contributed by atoms with Crippen molar-refractivity contribution in [1.29, 1.82) is 0 Å². The Labute approximate surface area is 203 Å². The monoisotopic (exact) mass is 410 g/mol. The van der Waals surface area contributed by atoms with Crippen molar-refractivity contribution in [2.75, 3.05) is 0 Å². The Balaban J connectivity index is 0.000000468. The van der Waals surface area contributed by atoms with E-state index in [9.17, 15) is 10.2 Å². The summed E-state index contributed by atoms with van der Waals surface area (Å²) in [7, 11) is -5.17. The van der Waals surface area contributed by atoms with Gasteiger partial charge in [-0.25, -0.2) is 0 Å². The largest absolute Gasteiger partial charge is 1.00 e. The second-order valence-electron chi connectivity index (χ2n) is 7.10. The zero-order valence-electron chi connectivity index (χ0n) is 15.8. The number of rotatable bonds is 0. The van der Waals surface area contributed by atoms with Gasteiger partial charge in [0.25, 0.3) is 0 Å². The first-order valence-corrected chi connectivity index (χ1v) is 9.52. The summed E-state index contributed by atoms with van der Waals surface area (Å²) in [6, 6.07) is 9.99. The molecule has 2 aliphatic carbocycles. The van der Waals surface area contributed by atoms with E-state index in [1.165, 1.54) is 16.5 Å². The van der Waals surface area contributed by atoms with Crippen LogP contribution in [0.2, 0.25) is 0 Å². The fourth-order valence-electron chi connectivity index (χ4n) is 4.47. The number of aliphatic hydroxyl groups excluding tert-OH is 1. The molecule has 3 atom stereocenters. The number of fused-ring (bicyclic) bond motifs is 5. The standard InChI is InChI=1S/C18H20O2.2Na.H2O4S/c1-18-9-8-14-13-5-3-12(19)10-11(13)2-4-15(14)16(18)6-7-17(18)20;;;1-5(2,3)4/h2-5,10,16-17,19-20H,6-9H2,1H3;;;(H2,1,2,3,4)/q;2*+1;/p-2/t16?,17?,18-;;;/m0.../s1. The van der Waals surface area contributed by atoms with Gasteiger partial charge in [0.05, 0.1) is 6.10 Å². The molecule has 1 fully saturated rings. The Kier molecular flexibility index (Phi) is 8.86. The molecule has 0 bridgehead atoms. The summed E-state index contributed by atoms with van der Waals surface area (Å²) in [6.07, 6.45) is 3.95. The van der Waals surface area contributed by atoms with Crippen LogP contribution in [0.25, 0.3) is 10.8 Å². The predicted molar refractivity (Wildman–Crippen MR) is 90.5 cm³/mol. The minimum Gasteiger partial charge on any atom is -0.759 e. The summed E-state index contributed by atoms with van der Waals surface area (Å²) < 4.78 is 34.1. The summed E-state index contributed by atoms with van der Waals surface area (Å²) >= 11 is 0. The van der Waals surface area contributed by atoms with Crippen molar-refractivity contribution in [3.63, 3.8) is 0 Å². The number of hydrogen-bond donors (Lipinski definition) is 2. The number of aryl methyl sites for hydroxylation is 1. The third-order valence-electron chi connectivity index (χ3n) is 5.73. The molecule has 9 heteroatoms. The van der Waals surface area contributed by atoms with Crippen LogP contribution in [0.15, 0.2) is 30.3 Å². The molecule has 27 heavy (non-hydrogen) atoms. The van der Waals surface area contributed by atoms with Crippen molar-refractivity contribution in [3.05, 3.63) is 41.5 Å². The van der Waals surface area contributed by atoms with Crippen LogP contribution in [0, 0.1) is 5.41 Å². The zero-order chi connectivity index (χ0) is 18.4. The van der Waals surface area contributed by atoms with Crippen molar-refractivity contribution in [2.45, 2.75) is 44.6 Å². The SMILES string of the molecule is C[C@]12CCc3c(ccc4cc(O)ccc34)C1CCC2O.O=S(=O)([O-])[O-].[Na+].[Na+]. The normalized spacial score (nSPS) is 25.9. The molecule has 2 aromatic carbocycles. The smallest absolute Gasteiger partial charge is 0.759 e. The third-order valence-corrected chi connectivity index (χ3v) is 5.73. The maximum absolute atomic E-state index is 10.3. The first-order chi connectivity index (χ1) is 11.6. The van der Waals surface area contributed by atoms with Crippen molar-refractivity contribution >= 4 is 21.2 Å². The van der Waals surface area contributed by atoms with Gasteiger partial charge in [-0.1, -0.05) is 25.1 Å². The van der Waals surface area contributed by atoms with Crippen LogP contribution in [0.3, 0.4) is 0 Å². The Morgan fingerprint density at radius 1 is 1.11 bits per heavy atom. The van der Waals surface area contributed by atoms with E-state index in [2.05, 4.69) is 19.1 Å². The third kappa shape index (κ3) is 5.48. The van der Waals surface area contributed by atoms with Crippen LogP contribution in [0.1, 0.15) is 43.2 Å². The average Bonchev–Trinajstić information content (AvgIpc) is 2.81. The summed E-state index contributed by atoms with van der Waals surface area (Å²) in [4.78, 5) is 0. The van der Waals surface area contributed by atoms with E-state index in [1.54, 1.807) is 6.07 Å². The predicted octanol–water partition coefficient (Wildman–Crippen LogP) is -3.59. The Morgan fingerprint density at radius 3 is 2.37 bits per heavy atom. The number of hydrogen-bond acceptors (Lipinski definition) is 6. The molecule has 0 heterocycles. The molecule has 0 saturated heterocycles. The zero-order valence-corrected chi connectivity index (χ0v) is 20.6. The molecule has 2 unspecified atom stereocenters. The average molecular weight is 410 g/mol. The number of aliphatic hydroxyl groups is 1. The summed E-state index contributed by atoms with van der Waals surface area (Å²) in [6.45, 7) is 2.25. The van der Waals surface area contributed by atoms with E-state index in [-0.39, 0.29) is 70.6 Å². The molecule has 0 spiro atoms. The molecule has 0 aliphatic heterocycles. The molecule has 6 nitrogen and oxygen atoms in total. The quantitative estimate of drug-likeness (QED) is 0.263. The van der Waals surface area contributed by atoms with E-state index in [1.807, 2.05) is 12.1 Å². The van der Waals surface area contributed by atoms with Gasteiger partial charge in [0.1, 0.15) is 5.75 Å². The van der Waals surface area contributed by atoms with Crippen molar-refractivity contribution in [1.82, 2.24) is 0 Å². The van der Waals surface area contributed by atoms with Gasteiger partial charge in [-0.15, -0.1) is 0 Å². The van der Waals surface area contributed by atoms with Crippen LogP contribution >= 0.6 is 0 Å². The van der Waals surface area contributed by atoms with Gasteiger partial charge < -0.3 is 19.3 Å². The van der Waals surface area contributed by atoms with E-state index in [4.69, 9.17) is 17.5 Å².